The zero-order valence-electron chi connectivity index (χ0n) is 12.9. The summed E-state index contributed by atoms with van der Waals surface area (Å²) in [4.78, 5) is 22.5. The lowest BCUT2D eigenvalue weighted by molar-refractivity contribution is -0.139. The predicted molar refractivity (Wildman–Crippen MR) is 84.7 cm³/mol. The van der Waals surface area contributed by atoms with Crippen molar-refractivity contribution < 1.29 is 24.2 Å². The Balaban J connectivity index is 0.00000441. The fourth-order valence-electron chi connectivity index (χ4n) is 1.73. The van der Waals surface area contributed by atoms with Crippen LogP contribution in [0, 0.1) is 0 Å². The van der Waals surface area contributed by atoms with Gasteiger partial charge >= 0.3 is 12.1 Å². The molecule has 124 valence electrons. The molecule has 0 aliphatic carbocycles. The third-order valence-electron chi connectivity index (χ3n) is 2.60. The third-order valence-corrected chi connectivity index (χ3v) is 2.60. The minimum Gasteiger partial charge on any atom is -0.491 e. The highest BCUT2D eigenvalue weighted by Gasteiger charge is 2.20. The van der Waals surface area contributed by atoms with Crippen LogP contribution in [0.5, 0.6) is 5.75 Å². The lowest BCUT2D eigenvalue weighted by Gasteiger charge is -2.15. The van der Waals surface area contributed by atoms with Crippen molar-refractivity contribution in [3.05, 3.63) is 29.8 Å². The van der Waals surface area contributed by atoms with E-state index in [9.17, 15) is 9.59 Å². The Labute approximate surface area is 136 Å². The molecule has 6 nitrogen and oxygen atoms in total. The molecular formula is C15H22ClNO5. The molecule has 7 heteroatoms. The van der Waals surface area contributed by atoms with E-state index >= 15 is 0 Å². The molecule has 0 aliphatic heterocycles. The smallest absolute Gasteiger partial charge is 0.407 e. The van der Waals surface area contributed by atoms with Crippen molar-refractivity contribution in [1.29, 1.82) is 0 Å². The van der Waals surface area contributed by atoms with Gasteiger partial charge in [0.1, 0.15) is 11.8 Å². The molecule has 1 rings (SSSR count). The van der Waals surface area contributed by atoms with Gasteiger partial charge in [-0.15, -0.1) is 12.4 Å². The Hall–Kier alpha value is -1.95. The largest absolute Gasteiger partial charge is 0.491 e. The number of halogens is 1. The molecule has 0 bridgehead atoms. The number of nitrogens with one attached hydrogen (secondary N) is 1. The van der Waals surface area contributed by atoms with E-state index < -0.39 is 18.1 Å². The van der Waals surface area contributed by atoms with Crippen molar-refractivity contribution in [2.75, 3.05) is 6.61 Å². The van der Waals surface area contributed by atoms with Gasteiger partial charge in [0, 0.05) is 6.42 Å². The van der Waals surface area contributed by atoms with E-state index in [1.54, 1.807) is 31.2 Å². The maximum absolute atomic E-state index is 11.3. The highest BCUT2D eigenvalue weighted by atomic mass is 35.5. The highest BCUT2D eigenvalue weighted by molar-refractivity contribution is 5.85. The minimum absolute atomic E-state index is 0. The number of hydrogen-bond donors (Lipinski definition) is 2. The number of carboxylic acid groups (broad SMARTS) is 1. The lowest BCUT2D eigenvalue weighted by Crippen LogP contribution is -2.42. The van der Waals surface area contributed by atoms with E-state index in [4.69, 9.17) is 9.84 Å². The van der Waals surface area contributed by atoms with E-state index in [2.05, 4.69) is 10.1 Å². The first kappa shape index (κ1) is 20.1. The van der Waals surface area contributed by atoms with Gasteiger partial charge in [-0.25, -0.2) is 9.59 Å². The van der Waals surface area contributed by atoms with Crippen LogP contribution >= 0.6 is 12.4 Å². The van der Waals surface area contributed by atoms with E-state index in [-0.39, 0.29) is 31.5 Å². The lowest BCUT2D eigenvalue weighted by atomic mass is 10.1. The molecule has 1 aromatic carbocycles. The number of rotatable bonds is 7. The second kappa shape index (κ2) is 9.89. The predicted octanol–water partition coefficient (Wildman–Crippen LogP) is 2.64. The standard InChI is InChI=1S/C15H21NO5.ClH/c1-4-20-15(19)16-13(14(17)18)9-11-5-7-12(8-6-11)21-10(2)3;/h5-8,10,13H,4,9H2,1-3H3,(H,16,19)(H,17,18);1H/t13-;/m0./s1. The molecule has 0 saturated heterocycles. The number of hydrogen-bond acceptors (Lipinski definition) is 4. The molecule has 0 saturated carbocycles. The van der Waals surface area contributed by atoms with Gasteiger partial charge in [-0.3, -0.25) is 0 Å². The van der Waals surface area contributed by atoms with Gasteiger partial charge in [0.25, 0.3) is 0 Å². The molecule has 1 atom stereocenters. The molecule has 0 heterocycles. The van der Waals surface area contributed by atoms with Gasteiger partial charge in [-0.05, 0) is 38.5 Å². The Morgan fingerprint density at radius 3 is 2.27 bits per heavy atom. The first-order valence-corrected chi connectivity index (χ1v) is 6.84. The third kappa shape index (κ3) is 7.17. The van der Waals surface area contributed by atoms with Crippen molar-refractivity contribution in [3.63, 3.8) is 0 Å². The average molecular weight is 332 g/mol. The molecular weight excluding hydrogens is 310 g/mol. The number of carbonyl (C=O) groups excluding carboxylic acids is 1. The number of benzene rings is 1. The summed E-state index contributed by atoms with van der Waals surface area (Å²) in [5.74, 6) is -0.385. The summed E-state index contributed by atoms with van der Waals surface area (Å²) in [5.41, 5.74) is 0.787. The van der Waals surface area contributed by atoms with E-state index in [0.29, 0.717) is 0 Å². The molecule has 1 aromatic rings. The number of alkyl carbamates (subject to hydrolysis) is 1. The zero-order valence-corrected chi connectivity index (χ0v) is 13.7. The van der Waals surface area contributed by atoms with Crippen LogP contribution in [0.4, 0.5) is 4.79 Å². The quantitative estimate of drug-likeness (QED) is 0.802. The molecule has 2 N–H and O–H groups in total. The normalized spacial score (nSPS) is 11.3. The first-order chi connectivity index (χ1) is 9.92. The number of aliphatic carboxylic acids is 1. The Morgan fingerprint density at radius 2 is 1.82 bits per heavy atom. The topological polar surface area (TPSA) is 84.9 Å². The van der Waals surface area contributed by atoms with Crippen LogP contribution in [0.2, 0.25) is 0 Å². The van der Waals surface area contributed by atoms with Crippen LogP contribution in [-0.2, 0) is 16.0 Å². The Bertz CT molecular complexity index is 475. The summed E-state index contributed by atoms with van der Waals surface area (Å²) in [5, 5.41) is 11.5. The fraction of sp³-hybridized carbons (Fsp3) is 0.467. The molecule has 0 radical (unpaired) electrons. The maximum Gasteiger partial charge on any atom is 0.407 e. The molecule has 0 fully saturated rings. The van der Waals surface area contributed by atoms with Crippen LogP contribution in [0.25, 0.3) is 0 Å². The minimum atomic E-state index is -1.11. The van der Waals surface area contributed by atoms with Gasteiger partial charge < -0.3 is 19.9 Å². The molecule has 0 aromatic heterocycles. The summed E-state index contributed by atoms with van der Waals surface area (Å²) >= 11 is 0. The van der Waals surface area contributed by atoms with Gasteiger partial charge in [0.15, 0.2) is 0 Å². The second-order valence-electron chi connectivity index (χ2n) is 4.77. The van der Waals surface area contributed by atoms with Gasteiger partial charge in [0.05, 0.1) is 12.7 Å². The number of ether oxygens (including phenoxy) is 2. The number of carbonyl (C=O) groups is 2. The molecule has 1 amide bonds. The van der Waals surface area contributed by atoms with Gasteiger partial charge in [-0.1, -0.05) is 12.1 Å². The summed E-state index contributed by atoms with van der Waals surface area (Å²) in [7, 11) is 0. The van der Waals surface area contributed by atoms with Crippen molar-refractivity contribution in [2.24, 2.45) is 0 Å². The summed E-state index contributed by atoms with van der Waals surface area (Å²) in [6, 6.07) is 6.08. The SMILES string of the molecule is CCOC(=O)N[C@@H](Cc1ccc(OC(C)C)cc1)C(=O)O.Cl. The average Bonchev–Trinajstić information content (AvgIpc) is 2.39. The number of amides is 1. The van der Waals surface area contributed by atoms with Crippen molar-refractivity contribution >= 4 is 24.5 Å². The Morgan fingerprint density at radius 1 is 1.23 bits per heavy atom. The van der Waals surface area contributed by atoms with Crippen LogP contribution in [0.15, 0.2) is 24.3 Å². The monoisotopic (exact) mass is 331 g/mol. The first-order valence-electron chi connectivity index (χ1n) is 6.84. The highest BCUT2D eigenvalue weighted by Crippen LogP contribution is 2.15. The Kier molecular flexibility index (Phi) is 9.01. The van der Waals surface area contributed by atoms with Crippen LogP contribution < -0.4 is 10.1 Å². The molecule has 22 heavy (non-hydrogen) atoms. The van der Waals surface area contributed by atoms with Crippen molar-refractivity contribution in [2.45, 2.75) is 39.3 Å². The molecule has 0 unspecified atom stereocenters. The summed E-state index contributed by atoms with van der Waals surface area (Å²) in [6.45, 7) is 5.71. The van der Waals surface area contributed by atoms with Crippen molar-refractivity contribution in [3.8, 4) is 5.75 Å². The van der Waals surface area contributed by atoms with Gasteiger partial charge in [0.2, 0.25) is 0 Å². The summed E-state index contributed by atoms with van der Waals surface area (Å²) in [6.07, 6.45) is -0.478. The van der Waals surface area contributed by atoms with E-state index in [1.807, 2.05) is 13.8 Å². The van der Waals surface area contributed by atoms with Gasteiger partial charge in [-0.2, -0.15) is 0 Å². The maximum atomic E-state index is 11.3. The van der Waals surface area contributed by atoms with Crippen LogP contribution in [-0.4, -0.2) is 35.9 Å². The van der Waals surface area contributed by atoms with E-state index in [1.165, 1.54) is 0 Å². The number of carboxylic acids is 1. The van der Waals surface area contributed by atoms with Crippen molar-refractivity contribution in [1.82, 2.24) is 5.32 Å². The molecule has 0 spiro atoms. The second-order valence-corrected chi connectivity index (χ2v) is 4.77. The van der Waals surface area contributed by atoms with E-state index in [0.717, 1.165) is 11.3 Å². The molecule has 0 aliphatic rings. The summed E-state index contributed by atoms with van der Waals surface area (Å²) < 4.78 is 10.2. The van der Waals surface area contributed by atoms with Crippen LogP contribution in [0.3, 0.4) is 0 Å². The zero-order chi connectivity index (χ0) is 15.8. The van der Waals surface area contributed by atoms with Crippen LogP contribution in [0.1, 0.15) is 26.3 Å². The fourth-order valence-corrected chi connectivity index (χ4v) is 1.73.